The van der Waals surface area contributed by atoms with Crippen LogP contribution in [-0.4, -0.2) is 13.7 Å². The van der Waals surface area contributed by atoms with Crippen molar-refractivity contribution in [1.82, 2.24) is 5.32 Å². The van der Waals surface area contributed by atoms with E-state index in [0.717, 1.165) is 24.7 Å². The molecule has 2 rings (SSSR count). The van der Waals surface area contributed by atoms with Crippen molar-refractivity contribution in [2.75, 3.05) is 13.7 Å². The number of hydrogen-bond acceptors (Lipinski definition) is 2. The number of rotatable bonds is 6. The van der Waals surface area contributed by atoms with Gasteiger partial charge in [-0.3, -0.25) is 0 Å². The first-order valence-corrected chi connectivity index (χ1v) is 7.13. The van der Waals surface area contributed by atoms with Gasteiger partial charge in [0.05, 0.1) is 6.61 Å². The Bertz CT molecular complexity index is 387. The predicted octanol–water partition coefficient (Wildman–Crippen LogP) is 3.71. The third kappa shape index (κ3) is 3.26. The second-order valence-electron chi connectivity index (χ2n) is 5.63. The maximum Gasteiger partial charge on any atom is 0.122 e. The molecule has 1 aromatic rings. The second-order valence-corrected chi connectivity index (χ2v) is 5.63. The summed E-state index contributed by atoms with van der Waals surface area (Å²) >= 11 is 0. The molecule has 1 aliphatic rings. The summed E-state index contributed by atoms with van der Waals surface area (Å²) in [5, 5.41) is 3.44. The Morgan fingerprint density at radius 1 is 1.28 bits per heavy atom. The number of nitrogens with one attached hydrogen (secondary N) is 1. The lowest BCUT2D eigenvalue weighted by atomic mass is 9.96. The normalized spacial score (nSPS) is 15.6. The second kappa shape index (κ2) is 6.24. The number of ether oxygens (including phenoxy) is 1. The van der Waals surface area contributed by atoms with E-state index in [1.807, 2.05) is 0 Å². The van der Waals surface area contributed by atoms with Crippen LogP contribution < -0.4 is 10.1 Å². The summed E-state index contributed by atoms with van der Waals surface area (Å²) in [6.45, 7) is 5.43. The molecule has 0 aliphatic carbocycles. The average Bonchev–Trinajstić information content (AvgIpc) is 2.81. The molecule has 0 bridgehead atoms. The highest BCUT2D eigenvalue weighted by atomic mass is 16.5. The summed E-state index contributed by atoms with van der Waals surface area (Å²) in [7, 11) is 2.06. The minimum Gasteiger partial charge on any atom is -0.493 e. The quantitative estimate of drug-likeness (QED) is 0.827. The molecule has 1 unspecified atom stereocenters. The Hall–Kier alpha value is -1.02. The molecule has 18 heavy (non-hydrogen) atoms. The van der Waals surface area contributed by atoms with Gasteiger partial charge in [-0.15, -0.1) is 0 Å². The summed E-state index contributed by atoms with van der Waals surface area (Å²) in [5.74, 6) is 1.88. The third-order valence-electron chi connectivity index (χ3n) is 3.74. The molecule has 0 radical (unpaired) electrons. The fourth-order valence-corrected chi connectivity index (χ4v) is 2.63. The number of hydrogen-bond donors (Lipinski definition) is 1. The highest BCUT2D eigenvalue weighted by molar-refractivity contribution is 5.40. The Morgan fingerprint density at radius 2 is 2.11 bits per heavy atom. The van der Waals surface area contributed by atoms with Gasteiger partial charge in [0.25, 0.3) is 0 Å². The monoisotopic (exact) mass is 247 g/mol. The Morgan fingerprint density at radius 3 is 2.83 bits per heavy atom. The molecule has 0 saturated heterocycles. The molecule has 0 spiro atoms. The van der Waals surface area contributed by atoms with Gasteiger partial charge in [-0.25, -0.2) is 0 Å². The van der Waals surface area contributed by atoms with E-state index in [-0.39, 0.29) is 0 Å². The van der Waals surface area contributed by atoms with Gasteiger partial charge in [0.2, 0.25) is 0 Å². The zero-order valence-electron chi connectivity index (χ0n) is 11.8. The molecule has 1 N–H and O–H groups in total. The first-order chi connectivity index (χ1) is 8.70. The smallest absolute Gasteiger partial charge is 0.122 e. The SMILES string of the molecule is CNC(CCCC(C)C)c1ccc2c(c1)CCO2. The molecule has 2 heteroatoms. The van der Waals surface area contributed by atoms with Crippen molar-refractivity contribution >= 4 is 0 Å². The maximum atomic E-state index is 5.56. The van der Waals surface area contributed by atoms with Crippen molar-refractivity contribution in [1.29, 1.82) is 0 Å². The Kier molecular flexibility index (Phi) is 4.65. The van der Waals surface area contributed by atoms with Crippen LogP contribution >= 0.6 is 0 Å². The van der Waals surface area contributed by atoms with Crippen molar-refractivity contribution < 1.29 is 4.74 Å². The van der Waals surface area contributed by atoms with Gasteiger partial charge in [-0.1, -0.05) is 38.8 Å². The molecular weight excluding hydrogens is 222 g/mol. The summed E-state index contributed by atoms with van der Waals surface area (Å²) in [6.07, 6.45) is 4.88. The van der Waals surface area contributed by atoms with E-state index in [2.05, 4.69) is 44.4 Å². The van der Waals surface area contributed by atoms with Crippen LogP contribution in [0.1, 0.15) is 50.3 Å². The number of fused-ring (bicyclic) bond motifs is 1. The van der Waals surface area contributed by atoms with Crippen molar-refractivity contribution in [3.63, 3.8) is 0 Å². The number of benzene rings is 1. The molecule has 0 amide bonds. The first-order valence-electron chi connectivity index (χ1n) is 7.13. The van der Waals surface area contributed by atoms with Crippen LogP contribution in [0, 0.1) is 5.92 Å². The summed E-state index contributed by atoms with van der Waals surface area (Å²) in [6, 6.07) is 7.14. The van der Waals surface area contributed by atoms with Crippen LogP contribution in [0.5, 0.6) is 5.75 Å². The van der Waals surface area contributed by atoms with Crippen molar-refractivity contribution in [2.45, 2.75) is 45.6 Å². The van der Waals surface area contributed by atoms with Crippen LogP contribution in [-0.2, 0) is 6.42 Å². The minimum absolute atomic E-state index is 0.481. The molecule has 2 nitrogen and oxygen atoms in total. The van der Waals surface area contributed by atoms with Gasteiger partial charge >= 0.3 is 0 Å². The van der Waals surface area contributed by atoms with Crippen LogP contribution in [0.15, 0.2) is 18.2 Å². The Labute approximate surface area is 111 Å². The average molecular weight is 247 g/mol. The fourth-order valence-electron chi connectivity index (χ4n) is 2.63. The molecule has 1 atom stereocenters. The predicted molar refractivity (Wildman–Crippen MR) is 76.1 cm³/mol. The summed E-state index contributed by atoms with van der Waals surface area (Å²) in [4.78, 5) is 0. The standard InChI is InChI=1S/C16H25NO/c1-12(2)5-4-6-15(17-3)13-7-8-16-14(11-13)9-10-18-16/h7-8,11-12,15,17H,4-6,9-10H2,1-3H3. The van der Waals surface area contributed by atoms with E-state index in [9.17, 15) is 0 Å². The lowest BCUT2D eigenvalue weighted by Gasteiger charge is -2.18. The van der Waals surface area contributed by atoms with E-state index in [1.165, 1.54) is 30.4 Å². The van der Waals surface area contributed by atoms with Gasteiger partial charge in [0, 0.05) is 12.5 Å². The molecule has 1 heterocycles. The minimum atomic E-state index is 0.481. The van der Waals surface area contributed by atoms with Crippen molar-refractivity contribution in [3.05, 3.63) is 29.3 Å². The third-order valence-corrected chi connectivity index (χ3v) is 3.74. The molecule has 0 fully saturated rings. The fraction of sp³-hybridized carbons (Fsp3) is 0.625. The zero-order chi connectivity index (χ0) is 13.0. The maximum absolute atomic E-state index is 5.56. The van der Waals surface area contributed by atoms with Crippen LogP contribution in [0.25, 0.3) is 0 Å². The lowest BCUT2D eigenvalue weighted by molar-refractivity contribution is 0.356. The van der Waals surface area contributed by atoms with Crippen molar-refractivity contribution in [3.8, 4) is 5.75 Å². The molecule has 0 saturated carbocycles. The van der Waals surface area contributed by atoms with Gasteiger partial charge in [0.1, 0.15) is 5.75 Å². The van der Waals surface area contributed by atoms with Gasteiger partial charge in [-0.05, 0) is 36.6 Å². The van der Waals surface area contributed by atoms with Crippen LogP contribution in [0.2, 0.25) is 0 Å². The topological polar surface area (TPSA) is 21.3 Å². The summed E-state index contributed by atoms with van der Waals surface area (Å²) < 4.78 is 5.56. The van der Waals surface area contributed by atoms with Crippen LogP contribution in [0.4, 0.5) is 0 Å². The highest BCUT2D eigenvalue weighted by Crippen LogP contribution is 2.29. The molecular formula is C16H25NO. The van der Waals surface area contributed by atoms with E-state index in [0.29, 0.717) is 6.04 Å². The van der Waals surface area contributed by atoms with Gasteiger partial charge < -0.3 is 10.1 Å². The zero-order valence-corrected chi connectivity index (χ0v) is 11.8. The van der Waals surface area contributed by atoms with E-state index in [1.54, 1.807) is 0 Å². The van der Waals surface area contributed by atoms with E-state index >= 15 is 0 Å². The van der Waals surface area contributed by atoms with E-state index < -0.39 is 0 Å². The van der Waals surface area contributed by atoms with Gasteiger partial charge in [0.15, 0.2) is 0 Å². The van der Waals surface area contributed by atoms with Crippen molar-refractivity contribution in [2.24, 2.45) is 5.92 Å². The highest BCUT2D eigenvalue weighted by Gasteiger charge is 2.15. The van der Waals surface area contributed by atoms with E-state index in [4.69, 9.17) is 4.74 Å². The first kappa shape index (κ1) is 13.4. The molecule has 100 valence electrons. The van der Waals surface area contributed by atoms with Crippen LogP contribution in [0.3, 0.4) is 0 Å². The largest absolute Gasteiger partial charge is 0.493 e. The Balaban J connectivity index is 1.99. The molecule has 1 aliphatic heterocycles. The summed E-state index contributed by atoms with van der Waals surface area (Å²) in [5.41, 5.74) is 2.78. The molecule has 0 aromatic heterocycles. The van der Waals surface area contributed by atoms with Gasteiger partial charge in [-0.2, -0.15) is 0 Å². The molecule has 1 aromatic carbocycles. The lowest BCUT2D eigenvalue weighted by Crippen LogP contribution is -2.16.